The summed E-state index contributed by atoms with van der Waals surface area (Å²) < 4.78 is 7.52. The lowest BCUT2D eigenvalue weighted by atomic mass is 10.2. The highest BCUT2D eigenvalue weighted by molar-refractivity contribution is 5.96. The summed E-state index contributed by atoms with van der Waals surface area (Å²) in [5.41, 5.74) is -0.280. The molecule has 1 aromatic rings. The van der Waals surface area contributed by atoms with Crippen LogP contribution in [0, 0.1) is 0 Å². The first-order valence-electron chi connectivity index (χ1n) is 6.92. The molecule has 1 N–H and O–H groups in total. The Kier molecular flexibility index (Phi) is 3.95. The normalized spacial score (nSPS) is 13.6. The fourth-order valence-corrected chi connectivity index (χ4v) is 2.18. The molecule has 1 aromatic heterocycles. The topological polar surface area (TPSA) is 94.7 Å². The molecule has 8 heteroatoms. The van der Waals surface area contributed by atoms with Gasteiger partial charge in [-0.2, -0.15) is 0 Å². The van der Waals surface area contributed by atoms with E-state index in [2.05, 4.69) is 10.3 Å². The smallest absolute Gasteiger partial charge is 0.407 e. The highest BCUT2D eigenvalue weighted by atomic mass is 16.6. The predicted octanol–water partition coefficient (Wildman–Crippen LogP) is 0.237. The zero-order valence-corrected chi connectivity index (χ0v) is 13.4. The van der Waals surface area contributed by atoms with Gasteiger partial charge in [0.15, 0.2) is 0 Å². The fraction of sp³-hybridized carbons (Fsp3) is 0.571. The van der Waals surface area contributed by atoms with Gasteiger partial charge in [-0.1, -0.05) is 0 Å². The standard InChI is InChI=1S/C14H20N4O4/c1-14(2,3)22-12(20)15-7-8-6-9-10(16-8)17(4)13(21)18(5)11(9)19/h6-7H2,1-5H3,(H,15,20). The molecule has 0 aliphatic carbocycles. The molecule has 0 radical (unpaired) electrons. The van der Waals surface area contributed by atoms with E-state index in [1.165, 1.54) is 11.6 Å². The predicted molar refractivity (Wildman–Crippen MR) is 82.0 cm³/mol. The summed E-state index contributed by atoms with van der Waals surface area (Å²) in [6, 6.07) is 0. The number of carbonyl (C=O) groups is 1. The Labute approximate surface area is 127 Å². The van der Waals surface area contributed by atoms with Crippen molar-refractivity contribution in [3.63, 3.8) is 0 Å². The SMILES string of the molecule is Cn1c2c(c(=O)n(C)c1=O)CC(CNC(=O)OC(C)(C)C)=N2. The number of ether oxygens (including phenoxy) is 1. The number of amides is 1. The highest BCUT2D eigenvalue weighted by Gasteiger charge is 2.24. The summed E-state index contributed by atoms with van der Waals surface area (Å²) in [5, 5.41) is 2.60. The van der Waals surface area contributed by atoms with E-state index in [0.717, 1.165) is 4.57 Å². The van der Waals surface area contributed by atoms with Crippen LogP contribution < -0.4 is 16.6 Å². The van der Waals surface area contributed by atoms with Crippen molar-refractivity contribution >= 4 is 17.6 Å². The second-order valence-corrected chi connectivity index (χ2v) is 6.22. The van der Waals surface area contributed by atoms with Crippen LogP contribution in [0.4, 0.5) is 10.6 Å². The Morgan fingerprint density at radius 1 is 1.27 bits per heavy atom. The molecule has 22 heavy (non-hydrogen) atoms. The molecule has 0 aromatic carbocycles. The van der Waals surface area contributed by atoms with Gasteiger partial charge in [-0.15, -0.1) is 0 Å². The van der Waals surface area contributed by atoms with Crippen molar-refractivity contribution in [3.05, 3.63) is 26.4 Å². The molecule has 0 saturated carbocycles. The molecule has 0 unspecified atom stereocenters. The fourth-order valence-electron chi connectivity index (χ4n) is 2.18. The Balaban J connectivity index is 2.14. The van der Waals surface area contributed by atoms with Gasteiger partial charge in [0.05, 0.1) is 12.1 Å². The second-order valence-electron chi connectivity index (χ2n) is 6.22. The van der Waals surface area contributed by atoms with Gasteiger partial charge < -0.3 is 10.1 Å². The number of aliphatic imine (C=N–C) groups is 1. The Bertz CT molecular complexity index is 765. The summed E-state index contributed by atoms with van der Waals surface area (Å²) >= 11 is 0. The summed E-state index contributed by atoms with van der Waals surface area (Å²) in [6.07, 6.45) is -0.237. The lowest BCUT2D eigenvalue weighted by Crippen LogP contribution is -2.38. The zero-order chi connectivity index (χ0) is 16.7. The van der Waals surface area contributed by atoms with Crippen LogP contribution >= 0.6 is 0 Å². The Hall–Kier alpha value is -2.38. The summed E-state index contributed by atoms with van der Waals surface area (Å²) in [7, 11) is 3.00. The number of nitrogens with zero attached hydrogens (tertiary/aromatic N) is 3. The molecule has 0 atom stereocenters. The lowest BCUT2D eigenvalue weighted by Gasteiger charge is -2.19. The number of nitrogens with one attached hydrogen (secondary N) is 1. The number of hydrogen-bond donors (Lipinski definition) is 1. The van der Waals surface area contributed by atoms with E-state index >= 15 is 0 Å². The van der Waals surface area contributed by atoms with Crippen LogP contribution in [-0.2, 0) is 25.3 Å². The van der Waals surface area contributed by atoms with E-state index in [1.54, 1.807) is 27.8 Å². The van der Waals surface area contributed by atoms with Crippen LogP contribution in [-0.4, -0.2) is 33.1 Å². The van der Waals surface area contributed by atoms with Gasteiger partial charge in [-0.3, -0.25) is 13.9 Å². The molecule has 0 bridgehead atoms. The van der Waals surface area contributed by atoms with Crippen molar-refractivity contribution in [2.45, 2.75) is 32.8 Å². The maximum Gasteiger partial charge on any atom is 0.407 e. The summed E-state index contributed by atoms with van der Waals surface area (Å²) in [5.74, 6) is 0.356. The molecule has 0 fully saturated rings. The Morgan fingerprint density at radius 3 is 2.50 bits per heavy atom. The molecule has 120 valence electrons. The van der Waals surface area contributed by atoms with Crippen LogP contribution in [0.25, 0.3) is 0 Å². The first-order chi connectivity index (χ1) is 10.1. The lowest BCUT2D eigenvalue weighted by molar-refractivity contribution is 0.0536. The number of fused-ring (bicyclic) bond motifs is 1. The van der Waals surface area contributed by atoms with Crippen molar-refractivity contribution in [1.82, 2.24) is 14.5 Å². The van der Waals surface area contributed by atoms with E-state index in [-0.39, 0.29) is 12.1 Å². The van der Waals surface area contributed by atoms with Crippen molar-refractivity contribution in [3.8, 4) is 0 Å². The van der Waals surface area contributed by atoms with Gasteiger partial charge in [-0.25, -0.2) is 14.6 Å². The second kappa shape index (κ2) is 5.43. The monoisotopic (exact) mass is 308 g/mol. The molecule has 2 rings (SSSR count). The molecule has 1 amide bonds. The van der Waals surface area contributed by atoms with Gasteiger partial charge in [-0.05, 0) is 20.8 Å². The van der Waals surface area contributed by atoms with Crippen LogP contribution in [0.2, 0.25) is 0 Å². The van der Waals surface area contributed by atoms with E-state index in [0.29, 0.717) is 23.5 Å². The van der Waals surface area contributed by atoms with Gasteiger partial charge in [0.1, 0.15) is 11.4 Å². The molecule has 0 saturated heterocycles. The van der Waals surface area contributed by atoms with Crippen molar-refractivity contribution < 1.29 is 9.53 Å². The molecule has 0 spiro atoms. The zero-order valence-electron chi connectivity index (χ0n) is 13.4. The van der Waals surface area contributed by atoms with E-state index < -0.39 is 17.4 Å². The molecule has 1 aliphatic heterocycles. The maximum atomic E-state index is 12.1. The van der Waals surface area contributed by atoms with E-state index in [4.69, 9.17) is 4.74 Å². The van der Waals surface area contributed by atoms with Crippen LogP contribution in [0.15, 0.2) is 14.6 Å². The molecule has 8 nitrogen and oxygen atoms in total. The first-order valence-corrected chi connectivity index (χ1v) is 6.92. The average Bonchev–Trinajstić information content (AvgIpc) is 2.83. The number of hydrogen-bond acceptors (Lipinski definition) is 5. The van der Waals surface area contributed by atoms with Gasteiger partial charge in [0.25, 0.3) is 5.56 Å². The number of rotatable bonds is 2. The summed E-state index contributed by atoms with van der Waals surface area (Å²) in [6.45, 7) is 5.49. The minimum Gasteiger partial charge on any atom is -0.444 e. The number of aromatic nitrogens is 2. The van der Waals surface area contributed by atoms with Gasteiger partial charge in [0, 0.05) is 26.2 Å². The van der Waals surface area contributed by atoms with Crippen LogP contribution in [0.3, 0.4) is 0 Å². The number of carbonyl (C=O) groups excluding carboxylic acids is 1. The van der Waals surface area contributed by atoms with Gasteiger partial charge in [0.2, 0.25) is 0 Å². The van der Waals surface area contributed by atoms with Crippen molar-refractivity contribution in [1.29, 1.82) is 0 Å². The minimum absolute atomic E-state index is 0.168. The van der Waals surface area contributed by atoms with E-state index in [9.17, 15) is 14.4 Å². The third-order valence-corrected chi connectivity index (χ3v) is 3.20. The third-order valence-electron chi connectivity index (χ3n) is 3.20. The molecule has 1 aliphatic rings. The third kappa shape index (κ3) is 3.10. The maximum absolute atomic E-state index is 12.1. The van der Waals surface area contributed by atoms with E-state index in [1.807, 2.05) is 0 Å². The highest BCUT2D eigenvalue weighted by Crippen LogP contribution is 2.20. The Morgan fingerprint density at radius 2 is 1.91 bits per heavy atom. The van der Waals surface area contributed by atoms with Crippen molar-refractivity contribution in [2.24, 2.45) is 19.1 Å². The molecular formula is C14H20N4O4. The minimum atomic E-state index is -0.579. The number of alkyl carbamates (subject to hydrolysis) is 1. The first kappa shape index (κ1) is 16.0. The quantitative estimate of drug-likeness (QED) is 0.846. The average molecular weight is 308 g/mol. The van der Waals surface area contributed by atoms with Crippen molar-refractivity contribution in [2.75, 3.05) is 6.54 Å². The van der Waals surface area contributed by atoms with Crippen LogP contribution in [0.5, 0.6) is 0 Å². The van der Waals surface area contributed by atoms with Gasteiger partial charge >= 0.3 is 11.8 Å². The molecular weight excluding hydrogens is 288 g/mol. The molecule has 2 heterocycles. The largest absolute Gasteiger partial charge is 0.444 e. The van der Waals surface area contributed by atoms with Crippen LogP contribution in [0.1, 0.15) is 26.3 Å². The summed E-state index contributed by atoms with van der Waals surface area (Å²) in [4.78, 5) is 39.8.